The fourth-order valence-corrected chi connectivity index (χ4v) is 2.35. The van der Waals surface area contributed by atoms with Crippen molar-refractivity contribution in [1.82, 2.24) is 9.97 Å². The van der Waals surface area contributed by atoms with Crippen molar-refractivity contribution in [3.63, 3.8) is 0 Å². The summed E-state index contributed by atoms with van der Waals surface area (Å²) in [6.07, 6.45) is 3.68. The zero-order valence-electron chi connectivity index (χ0n) is 8.20. The van der Waals surface area contributed by atoms with Gasteiger partial charge in [-0.25, -0.2) is 4.98 Å². The van der Waals surface area contributed by atoms with E-state index in [2.05, 4.69) is 38.1 Å². The average molecular weight is 284 g/mol. The SMILES string of the molecule is Cc1cnccc1CNc1nc(Br)cs1. The monoisotopic (exact) mass is 283 g/mol. The summed E-state index contributed by atoms with van der Waals surface area (Å²) in [6, 6.07) is 2.02. The Balaban J connectivity index is 2.02. The Morgan fingerprint density at radius 3 is 3.07 bits per heavy atom. The smallest absolute Gasteiger partial charge is 0.184 e. The molecule has 15 heavy (non-hydrogen) atoms. The standard InChI is InChI=1S/C10H10BrN3S/c1-7-4-12-3-2-8(7)5-13-10-14-9(11)6-15-10/h2-4,6H,5H2,1H3,(H,13,14). The summed E-state index contributed by atoms with van der Waals surface area (Å²) in [7, 11) is 0. The van der Waals surface area contributed by atoms with E-state index in [0.717, 1.165) is 16.3 Å². The summed E-state index contributed by atoms with van der Waals surface area (Å²) >= 11 is 4.91. The van der Waals surface area contributed by atoms with E-state index in [4.69, 9.17) is 0 Å². The number of thiazole rings is 1. The maximum atomic E-state index is 4.26. The second-order valence-corrected chi connectivity index (χ2v) is 4.80. The van der Waals surface area contributed by atoms with Crippen LogP contribution < -0.4 is 5.32 Å². The largest absolute Gasteiger partial charge is 0.357 e. The summed E-state index contributed by atoms with van der Waals surface area (Å²) in [5.74, 6) is 0. The summed E-state index contributed by atoms with van der Waals surface area (Å²) in [5.41, 5.74) is 2.44. The number of nitrogens with one attached hydrogen (secondary N) is 1. The number of anilines is 1. The number of aromatic nitrogens is 2. The average Bonchev–Trinajstić information content (AvgIpc) is 2.63. The minimum atomic E-state index is 0.786. The number of hydrogen-bond acceptors (Lipinski definition) is 4. The van der Waals surface area contributed by atoms with E-state index in [1.54, 1.807) is 11.3 Å². The van der Waals surface area contributed by atoms with Crippen LogP contribution in [-0.2, 0) is 6.54 Å². The third-order valence-corrected chi connectivity index (χ3v) is 3.55. The van der Waals surface area contributed by atoms with E-state index in [9.17, 15) is 0 Å². The molecule has 0 radical (unpaired) electrons. The summed E-state index contributed by atoms with van der Waals surface area (Å²) in [4.78, 5) is 8.32. The molecule has 2 aromatic heterocycles. The third kappa shape index (κ3) is 2.76. The predicted molar refractivity (Wildman–Crippen MR) is 66.1 cm³/mol. The van der Waals surface area contributed by atoms with Gasteiger partial charge in [0.15, 0.2) is 5.13 Å². The topological polar surface area (TPSA) is 37.8 Å². The molecule has 0 aliphatic rings. The van der Waals surface area contributed by atoms with E-state index in [1.165, 1.54) is 11.1 Å². The number of rotatable bonds is 3. The van der Waals surface area contributed by atoms with Gasteiger partial charge in [0.2, 0.25) is 0 Å². The molecule has 3 nitrogen and oxygen atoms in total. The second kappa shape index (κ2) is 4.72. The lowest BCUT2D eigenvalue weighted by molar-refractivity contribution is 1.08. The quantitative estimate of drug-likeness (QED) is 0.940. The van der Waals surface area contributed by atoms with Gasteiger partial charge in [0, 0.05) is 24.3 Å². The molecule has 0 unspecified atom stereocenters. The van der Waals surface area contributed by atoms with Crippen LogP contribution in [0.3, 0.4) is 0 Å². The van der Waals surface area contributed by atoms with Crippen molar-refractivity contribution < 1.29 is 0 Å². The van der Waals surface area contributed by atoms with Gasteiger partial charge < -0.3 is 5.32 Å². The van der Waals surface area contributed by atoms with Crippen LogP contribution in [0.2, 0.25) is 0 Å². The van der Waals surface area contributed by atoms with Gasteiger partial charge in [-0.2, -0.15) is 0 Å². The van der Waals surface area contributed by atoms with Crippen molar-refractivity contribution in [2.45, 2.75) is 13.5 Å². The molecule has 0 atom stereocenters. The zero-order valence-corrected chi connectivity index (χ0v) is 10.6. The molecule has 0 fully saturated rings. The van der Waals surface area contributed by atoms with Crippen molar-refractivity contribution in [3.8, 4) is 0 Å². The summed E-state index contributed by atoms with van der Waals surface area (Å²) < 4.78 is 0.876. The van der Waals surface area contributed by atoms with Crippen LogP contribution >= 0.6 is 27.3 Å². The molecule has 0 saturated carbocycles. The fourth-order valence-electron chi connectivity index (χ4n) is 1.21. The van der Waals surface area contributed by atoms with Gasteiger partial charge in [-0.15, -0.1) is 11.3 Å². The molecule has 0 aliphatic heterocycles. The lowest BCUT2D eigenvalue weighted by atomic mass is 10.2. The molecular weight excluding hydrogens is 274 g/mol. The highest BCUT2D eigenvalue weighted by Crippen LogP contribution is 2.20. The zero-order chi connectivity index (χ0) is 10.7. The molecule has 5 heteroatoms. The van der Waals surface area contributed by atoms with Crippen molar-refractivity contribution in [3.05, 3.63) is 39.6 Å². The van der Waals surface area contributed by atoms with Crippen molar-refractivity contribution >= 4 is 32.4 Å². The van der Waals surface area contributed by atoms with Gasteiger partial charge in [0.25, 0.3) is 0 Å². The molecule has 0 aromatic carbocycles. The van der Waals surface area contributed by atoms with Crippen LogP contribution in [0, 0.1) is 6.92 Å². The van der Waals surface area contributed by atoms with Gasteiger partial charge in [0.1, 0.15) is 4.60 Å². The predicted octanol–water partition coefficient (Wildman–Crippen LogP) is 3.22. The Bertz CT molecular complexity index is 455. The van der Waals surface area contributed by atoms with Gasteiger partial charge in [-0.05, 0) is 40.0 Å². The summed E-state index contributed by atoms with van der Waals surface area (Å²) in [5, 5.41) is 6.16. The molecule has 0 bridgehead atoms. The highest BCUT2D eigenvalue weighted by Gasteiger charge is 2.00. The van der Waals surface area contributed by atoms with E-state index >= 15 is 0 Å². The van der Waals surface area contributed by atoms with Gasteiger partial charge in [-0.3, -0.25) is 4.98 Å². The molecule has 2 heterocycles. The van der Waals surface area contributed by atoms with E-state index in [0.29, 0.717) is 0 Å². The molecule has 0 aliphatic carbocycles. The van der Waals surface area contributed by atoms with Crippen molar-refractivity contribution in [1.29, 1.82) is 0 Å². The normalized spacial score (nSPS) is 10.3. The highest BCUT2D eigenvalue weighted by atomic mass is 79.9. The maximum absolute atomic E-state index is 4.26. The molecular formula is C10H10BrN3S. The Morgan fingerprint density at radius 2 is 2.40 bits per heavy atom. The second-order valence-electron chi connectivity index (χ2n) is 3.13. The van der Waals surface area contributed by atoms with Crippen LogP contribution in [0.25, 0.3) is 0 Å². The first-order chi connectivity index (χ1) is 7.25. The molecule has 2 aromatic rings. The first-order valence-corrected chi connectivity index (χ1v) is 6.17. The van der Waals surface area contributed by atoms with E-state index < -0.39 is 0 Å². The van der Waals surface area contributed by atoms with Crippen LogP contribution in [-0.4, -0.2) is 9.97 Å². The van der Waals surface area contributed by atoms with Crippen LogP contribution in [0.5, 0.6) is 0 Å². The summed E-state index contributed by atoms with van der Waals surface area (Å²) in [6.45, 7) is 2.84. The highest BCUT2D eigenvalue weighted by molar-refractivity contribution is 9.10. The number of halogens is 1. The molecule has 0 spiro atoms. The minimum Gasteiger partial charge on any atom is -0.357 e. The third-order valence-electron chi connectivity index (χ3n) is 2.04. The molecule has 2 rings (SSSR count). The lowest BCUT2D eigenvalue weighted by Gasteiger charge is -2.05. The Kier molecular flexibility index (Phi) is 3.33. The Labute approximate surface area is 101 Å². The lowest BCUT2D eigenvalue weighted by Crippen LogP contribution is -2.00. The van der Waals surface area contributed by atoms with Crippen LogP contribution in [0.15, 0.2) is 28.4 Å². The number of hydrogen-bond donors (Lipinski definition) is 1. The molecule has 78 valence electrons. The number of pyridine rings is 1. The van der Waals surface area contributed by atoms with E-state index in [-0.39, 0.29) is 0 Å². The van der Waals surface area contributed by atoms with E-state index in [1.807, 2.05) is 23.8 Å². The van der Waals surface area contributed by atoms with Crippen LogP contribution in [0.1, 0.15) is 11.1 Å². The number of nitrogens with zero attached hydrogens (tertiary/aromatic N) is 2. The van der Waals surface area contributed by atoms with Gasteiger partial charge in [-0.1, -0.05) is 0 Å². The molecule has 0 amide bonds. The Morgan fingerprint density at radius 1 is 1.53 bits per heavy atom. The van der Waals surface area contributed by atoms with Gasteiger partial charge >= 0.3 is 0 Å². The van der Waals surface area contributed by atoms with Crippen LogP contribution in [0.4, 0.5) is 5.13 Å². The molecule has 1 N–H and O–H groups in total. The Hall–Kier alpha value is -0.940. The fraction of sp³-hybridized carbons (Fsp3) is 0.200. The maximum Gasteiger partial charge on any atom is 0.184 e. The van der Waals surface area contributed by atoms with Crippen molar-refractivity contribution in [2.24, 2.45) is 0 Å². The van der Waals surface area contributed by atoms with Gasteiger partial charge in [0.05, 0.1) is 0 Å². The first kappa shape index (κ1) is 10.6. The molecule has 0 saturated heterocycles. The number of aryl methyl sites for hydroxylation is 1. The first-order valence-electron chi connectivity index (χ1n) is 4.50. The van der Waals surface area contributed by atoms with Crippen molar-refractivity contribution in [2.75, 3.05) is 5.32 Å². The minimum absolute atomic E-state index is 0.786.